The molecule has 2 fully saturated rings. The average Bonchev–Trinajstić information content (AvgIpc) is 3.27. The maximum atomic E-state index is 5.51. The van der Waals surface area contributed by atoms with Gasteiger partial charge in [-0.3, -0.25) is 0 Å². The summed E-state index contributed by atoms with van der Waals surface area (Å²) in [5, 5.41) is 3.45. The highest BCUT2D eigenvalue weighted by atomic mass is 16.5. The standard InChI is InChI=1S/C14H21N3O/c1-2-7-18-13-8-12(16-10-17-13)15-9-14(5-6-14)11-3-4-11/h8,10-11H,2-7,9H2,1H3,(H,15,16,17). The lowest BCUT2D eigenvalue weighted by Crippen LogP contribution is -2.18. The Morgan fingerprint density at radius 3 is 2.89 bits per heavy atom. The molecule has 2 aliphatic carbocycles. The van der Waals surface area contributed by atoms with Gasteiger partial charge in [0.1, 0.15) is 12.1 Å². The van der Waals surface area contributed by atoms with Crippen LogP contribution in [0.15, 0.2) is 12.4 Å². The van der Waals surface area contributed by atoms with Gasteiger partial charge in [0, 0.05) is 12.6 Å². The Labute approximate surface area is 108 Å². The minimum absolute atomic E-state index is 0.593. The first kappa shape index (κ1) is 11.8. The van der Waals surface area contributed by atoms with Crippen LogP contribution in [0.1, 0.15) is 39.0 Å². The van der Waals surface area contributed by atoms with Crippen molar-refractivity contribution < 1.29 is 4.74 Å². The Bertz CT molecular complexity index is 413. The van der Waals surface area contributed by atoms with E-state index in [0.29, 0.717) is 17.9 Å². The number of nitrogens with one attached hydrogen (secondary N) is 1. The van der Waals surface area contributed by atoms with Crippen LogP contribution in [0.4, 0.5) is 5.82 Å². The van der Waals surface area contributed by atoms with Crippen molar-refractivity contribution in [2.24, 2.45) is 11.3 Å². The van der Waals surface area contributed by atoms with Gasteiger partial charge in [0.2, 0.25) is 5.88 Å². The normalized spacial score (nSPS) is 20.5. The molecule has 0 aromatic carbocycles. The molecule has 1 N–H and O–H groups in total. The molecule has 18 heavy (non-hydrogen) atoms. The van der Waals surface area contributed by atoms with Gasteiger partial charge in [-0.2, -0.15) is 0 Å². The highest BCUT2D eigenvalue weighted by Gasteiger charge is 2.53. The first-order chi connectivity index (χ1) is 8.82. The summed E-state index contributed by atoms with van der Waals surface area (Å²) in [4.78, 5) is 8.37. The van der Waals surface area contributed by atoms with E-state index in [2.05, 4.69) is 22.2 Å². The summed E-state index contributed by atoms with van der Waals surface area (Å²) >= 11 is 0. The maximum Gasteiger partial charge on any atom is 0.218 e. The van der Waals surface area contributed by atoms with Gasteiger partial charge >= 0.3 is 0 Å². The van der Waals surface area contributed by atoms with E-state index in [1.807, 2.05) is 6.07 Å². The van der Waals surface area contributed by atoms with E-state index in [-0.39, 0.29) is 0 Å². The van der Waals surface area contributed by atoms with Crippen LogP contribution in [-0.4, -0.2) is 23.1 Å². The van der Waals surface area contributed by atoms with Crippen molar-refractivity contribution in [2.45, 2.75) is 39.0 Å². The third-order valence-corrected chi connectivity index (χ3v) is 4.05. The zero-order valence-corrected chi connectivity index (χ0v) is 11.0. The summed E-state index contributed by atoms with van der Waals surface area (Å²) in [7, 11) is 0. The Kier molecular flexibility index (Phi) is 3.10. The van der Waals surface area contributed by atoms with Gasteiger partial charge in [-0.15, -0.1) is 0 Å². The lowest BCUT2D eigenvalue weighted by atomic mass is 10.0. The molecule has 0 spiro atoms. The highest BCUT2D eigenvalue weighted by molar-refractivity contribution is 5.38. The Hall–Kier alpha value is -1.32. The van der Waals surface area contributed by atoms with Crippen LogP contribution in [0.3, 0.4) is 0 Å². The molecule has 4 heteroatoms. The molecule has 4 nitrogen and oxygen atoms in total. The summed E-state index contributed by atoms with van der Waals surface area (Å²) in [6.45, 7) is 3.86. The summed E-state index contributed by atoms with van der Waals surface area (Å²) in [6.07, 6.45) is 8.19. The Morgan fingerprint density at radius 2 is 2.22 bits per heavy atom. The summed E-state index contributed by atoms with van der Waals surface area (Å²) < 4.78 is 5.51. The van der Waals surface area contributed by atoms with Gasteiger partial charge in [0.15, 0.2) is 0 Å². The van der Waals surface area contributed by atoms with Crippen molar-refractivity contribution in [1.29, 1.82) is 0 Å². The molecule has 0 radical (unpaired) electrons. The SMILES string of the molecule is CCCOc1cc(NCC2(C3CC3)CC2)ncn1. The largest absolute Gasteiger partial charge is 0.478 e. The number of nitrogens with zero attached hydrogens (tertiary/aromatic N) is 2. The molecular formula is C14H21N3O. The fourth-order valence-corrected chi connectivity index (χ4v) is 2.57. The number of hydrogen-bond acceptors (Lipinski definition) is 4. The average molecular weight is 247 g/mol. The number of anilines is 1. The van der Waals surface area contributed by atoms with Crippen LogP contribution in [0.25, 0.3) is 0 Å². The Morgan fingerprint density at radius 1 is 1.39 bits per heavy atom. The predicted molar refractivity (Wildman–Crippen MR) is 70.7 cm³/mol. The molecule has 0 amide bonds. The minimum Gasteiger partial charge on any atom is -0.478 e. The van der Waals surface area contributed by atoms with Crippen molar-refractivity contribution >= 4 is 5.82 Å². The first-order valence-electron chi connectivity index (χ1n) is 7.01. The lowest BCUT2D eigenvalue weighted by molar-refractivity contribution is 0.305. The topological polar surface area (TPSA) is 47.0 Å². The molecule has 0 unspecified atom stereocenters. The fourth-order valence-electron chi connectivity index (χ4n) is 2.57. The van der Waals surface area contributed by atoms with Crippen molar-refractivity contribution in [3.8, 4) is 5.88 Å². The van der Waals surface area contributed by atoms with Gasteiger partial charge in [-0.05, 0) is 43.4 Å². The molecule has 0 atom stereocenters. The molecule has 1 heterocycles. The zero-order valence-electron chi connectivity index (χ0n) is 11.0. The van der Waals surface area contributed by atoms with E-state index in [0.717, 1.165) is 24.7 Å². The third-order valence-electron chi connectivity index (χ3n) is 4.05. The summed E-state index contributed by atoms with van der Waals surface area (Å²) in [5.41, 5.74) is 0.593. The quantitative estimate of drug-likeness (QED) is 0.804. The molecule has 1 aromatic heterocycles. The van der Waals surface area contributed by atoms with Crippen LogP contribution < -0.4 is 10.1 Å². The molecule has 3 rings (SSSR count). The maximum absolute atomic E-state index is 5.51. The van der Waals surface area contributed by atoms with Gasteiger partial charge in [-0.25, -0.2) is 9.97 Å². The molecule has 0 bridgehead atoms. The smallest absolute Gasteiger partial charge is 0.218 e. The van der Waals surface area contributed by atoms with Crippen LogP contribution in [-0.2, 0) is 0 Å². The third kappa shape index (κ3) is 2.57. The van der Waals surface area contributed by atoms with Crippen molar-refractivity contribution in [1.82, 2.24) is 9.97 Å². The van der Waals surface area contributed by atoms with Crippen molar-refractivity contribution in [3.63, 3.8) is 0 Å². The molecule has 2 saturated carbocycles. The number of hydrogen-bond donors (Lipinski definition) is 1. The van der Waals surface area contributed by atoms with Crippen molar-refractivity contribution in [2.75, 3.05) is 18.5 Å². The fraction of sp³-hybridized carbons (Fsp3) is 0.714. The predicted octanol–water partition coefficient (Wildman–Crippen LogP) is 2.87. The van der Waals surface area contributed by atoms with Gasteiger partial charge in [0.25, 0.3) is 0 Å². The molecule has 2 aliphatic rings. The zero-order chi connectivity index (χ0) is 12.4. The van der Waals surface area contributed by atoms with E-state index in [4.69, 9.17) is 4.74 Å². The number of aromatic nitrogens is 2. The van der Waals surface area contributed by atoms with Crippen LogP contribution in [0.5, 0.6) is 5.88 Å². The lowest BCUT2D eigenvalue weighted by Gasteiger charge is -2.15. The van der Waals surface area contributed by atoms with Crippen LogP contribution >= 0.6 is 0 Å². The highest BCUT2D eigenvalue weighted by Crippen LogP contribution is 2.61. The second-order valence-electron chi connectivity index (χ2n) is 5.58. The van der Waals surface area contributed by atoms with Gasteiger partial charge in [0.05, 0.1) is 6.61 Å². The van der Waals surface area contributed by atoms with E-state index in [1.54, 1.807) is 6.33 Å². The van der Waals surface area contributed by atoms with Crippen LogP contribution in [0, 0.1) is 11.3 Å². The van der Waals surface area contributed by atoms with E-state index < -0.39 is 0 Å². The molecule has 0 saturated heterocycles. The van der Waals surface area contributed by atoms with E-state index in [1.165, 1.54) is 25.7 Å². The minimum atomic E-state index is 0.593. The molecular weight excluding hydrogens is 226 g/mol. The Balaban J connectivity index is 1.55. The first-order valence-corrected chi connectivity index (χ1v) is 7.01. The van der Waals surface area contributed by atoms with Gasteiger partial charge in [-0.1, -0.05) is 6.92 Å². The van der Waals surface area contributed by atoms with Crippen molar-refractivity contribution in [3.05, 3.63) is 12.4 Å². The summed E-state index contributed by atoms with van der Waals surface area (Å²) in [6, 6.07) is 1.90. The van der Waals surface area contributed by atoms with Crippen LogP contribution in [0.2, 0.25) is 0 Å². The monoisotopic (exact) mass is 247 g/mol. The molecule has 98 valence electrons. The number of ether oxygens (including phenoxy) is 1. The second-order valence-corrected chi connectivity index (χ2v) is 5.58. The summed E-state index contributed by atoms with van der Waals surface area (Å²) in [5.74, 6) is 2.54. The van der Waals surface area contributed by atoms with Gasteiger partial charge < -0.3 is 10.1 Å². The van der Waals surface area contributed by atoms with E-state index in [9.17, 15) is 0 Å². The number of rotatable bonds is 7. The van der Waals surface area contributed by atoms with E-state index >= 15 is 0 Å². The molecule has 0 aliphatic heterocycles. The molecule has 1 aromatic rings. The second kappa shape index (κ2) is 4.75.